The maximum atomic E-state index is 11.7. The molecule has 1 amide bonds. The number of amides is 1. The van der Waals surface area contributed by atoms with Crippen molar-refractivity contribution in [3.8, 4) is 0 Å². The average molecular weight is 211 g/mol. The van der Waals surface area contributed by atoms with Crippen molar-refractivity contribution in [1.29, 1.82) is 0 Å². The number of carbonyl (C=O) groups is 1. The van der Waals surface area contributed by atoms with E-state index in [2.05, 4.69) is 13.0 Å². The van der Waals surface area contributed by atoms with E-state index in [9.17, 15) is 4.79 Å². The van der Waals surface area contributed by atoms with Crippen molar-refractivity contribution in [1.82, 2.24) is 4.90 Å². The maximum Gasteiger partial charge on any atom is 0.410 e. The second-order valence-corrected chi connectivity index (χ2v) is 4.07. The quantitative estimate of drug-likeness (QED) is 0.672. The van der Waals surface area contributed by atoms with Crippen molar-refractivity contribution in [2.24, 2.45) is 0 Å². The highest BCUT2D eigenvalue weighted by molar-refractivity contribution is 5.68. The van der Waals surface area contributed by atoms with Crippen LogP contribution in [-0.4, -0.2) is 30.2 Å². The third kappa shape index (κ3) is 3.57. The molecule has 0 N–H and O–H groups in total. The molecule has 0 aliphatic carbocycles. The standard InChI is InChI=1S/C12H21NO2/c1-4-11(5-2)15-12(14)13-8-6-10(3)7-9-13/h6,11H,4-5,7-9H2,1-3H3. The lowest BCUT2D eigenvalue weighted by atomic mass is 10.1. The molecule has 3 nitrogen and oxygen atoms in total. The minimum absolute atomic E-state index is 0.0736. The molecule has 1 aliphatic heterocycles. The summed E-state index contributed by atoms with van der Waals surface area (Å²) in [4.78, 5) is 13.5. The Kier molecular flexibility index (Phi) is 4.66. The van der Waals surface area contributed by atoms with Crippen LogP contribution in [-0.2, 0) is 4.74 Å². The first-order valence-corrected chi connectivity index (χ1v) is 5.78. The summed E-state index contributed by atoms with van der Waals surface area (Å²) in [7, 11) is 0. The number of ether oxygens (including phenoxy) is 1. The predicted octanol–water partition coefficient (Wildman–Crippen LogP) is 2.96. The molecular formula is C12H21NO2. The van der Waals surface area contributed by atoms with Crippen LogP contribution >= 0.6 is 0 Å². The summed E-state index contributed by atoms with van der Waals surface area (Å²) in [6, 6.07) is 0. The van der Waals surface area contributed by atoms with Crippen molar-refractivity contribution in [2.45, 2.75) is 46.1 Å². The molecule has 1 rings (SSSR count). The molecule has 0 bridgehead atoms. The van der Waals surface area contributed by atoms with Crippen molar-refractivity contribution in [3.63, 3.8) is 0 Å². The highest BCUT2D eigenvalue weighted by atomic mass is 16.6. The van der Waals surface area contributed by atoms with Crippen molar-refractivity contribution in [3.05, 3.63) is 11.6 Å². The first-order valence-electron chi connectivity index (χ1n) is 5.78. The number of nitrogens with zero attached hydrogens (tertiary/aromatic N) is 1. The lowest BCUT2D eigenvalue weighted by Crippen LogP contribution is -2.37. The molecule has 86 valence electrons. The molecule has 15 heavy (non-hydrogen) atoms. The molecule has 0 atom stereocenters. The van der Waals surface area contributed by atoms with E-state index in [1.165, 1.54) is 5.57 Å². The Hall–Kier alpha value is -0.990. The highest BCUT2D eigenvalue weighted by Gasteiger charge is 2.19. The molecule has 1 aliphatic rings. The van der Waals surface area contributed by atoms with E-state index in [4.69, 9.17) is 4.74 Å². The zero-order valence-corrected chi connectivity index (χ0v) is 9.95. The van der Waals surface area contributed by atoms with E-state index in [-0.39, 0.29) is 12.2 Å². The average Bonchev–Trinajstić information content (AvgIpc) is 2.26. The molecular weight excluding hydrogens is 190 g/mol. The molecule has 0 saturated carbocycles. The number of hydrogen-bond acceptors (Lipinski definition) is 2. The lowest BCUT2D eigenvalue weighted by molar-refractivity contribution is 0.0612. The van der Waals surface area contributed by atoms with E-state index in [1.54, 1.807) is 4.90 Å². The van der Waals surface area contributed by atoms with Gasteiger partial charge in [0.05, 0.1) is 0 Å². The van der Waals surface area contributed by atoms with E-state index >= 15 is 0 Å². The van der Waals surface area contributed by atoms with Crippen LogP contribution in [0.3, 0.4) is 0 Å². The Balaban J connectivity index is 2.41. The normalized spacial score (nSPS) is 16.5. The van der Waals surface area contributed by atoms with E-state index < -0.39 is 0 Å². The third-order valence-corrected chi connectivity index (χ3v) is 2.87. The summed E-state index contributed by atoms with van der Waals surface area (Å²) in [5.74, 6) is 0. The van der Waals surface area contributed by atoms with E-state index in [0.29, 0.717) is 6.54 Å². The summed E-state index contributed by atoms with van der Waals surface area (Å²) >= 11 is 0. The van der Waals surface area contributed by atoms with Gasteiger partial charge in [0.25, 0.3) is 0 Å². The van der Waals surface area contributed by atoms with Gasteiger partial charge in [-0.15, -0.1) is 0 Å². The monoisotopic (exact) mass is 211 g/mol. The Labute approximate surface area is 92.1 Å². The van der Waals surface area contributed by atoms with Gasteiger partial charge in [-0.3, -0.25) is 0 Å². The van der Waals surface area contributed by atoms with Gasteiger partial charge >= 0.3 is 6.09 Å². The lowest BCUT2D eigenvalue weighted by Gasteiger charge is -2.26. The van der Waals surface area contributed by atoms with E-state index in [0.717, 1.165) is 25.8 Å². The molecule has 0 saturated heterocycles. The van der Waals surface area contributed by atoms with Gasteiger partial charge in [0.15, 0.2) is 0 Å². The van der Waals surface area contributed by atoms with Crippen LogP contribution in [0.15, 0.2) is 11.6 Å². The number of carbonyl (C=O) groups excluding carboxylic acids is 1. The number of rotatable bonds is 3. The molecule has 0 fully saturated rings. The minimum Gasteiger partial charge on any atom is -0.446 e. The molecule has 3 heteroatoms. The second kappa shape index (κ2) is 5.79. The largest absolute Gasteiger partial charge is 0.446 e. The molecule has 0 radical (unpaired) electrons. The predicted molar refractivity (Wildman–Crippen MR) is 60.8 cm³/mol. The second-order valence-electron chi connectivity index (χ2n) is 4.07. The Bertz CT molecular complexity index is 244. The summed E-state index contributed by atoms with van der Waals surface area (Å²) in [5.41, 5.74) is 1.36. The van der Waals surface area contributed by atoms with Crippen molar-refractivity contribution >= 4 is 6.09 Å². The van der Waals surface area contributed by atoms with Crippen molar-refractivity contribution in [2.75, 3.05) is 13.1 Å². The molecule has 0 spiro atoms. The first kappa shape index (κ1) is 12.1. The summed E-state index contributed by atoms with van der Waals surface area (Å²) < 4.78 is 5.38. The van der Waals surface area contributed by atoms with E-state index in [1.807, 2.05) is 13.8 Å². The molecule has 0 aromatic rings. The van der Waals surface area contributed by atoms with Gasteiger partial charge < -0.3 is 9.64 Å². The Morgan fingerprint density at radius 3 is 2.67 bits per heavy atom. The minimum atomic E-state index is -0.160. The van der Waals surface area contributed by atoms with Gasteiger partial charge in [-0.05, 0) is 26.2 Å². The Morgan fingerprint density at radius 2 is 2.20 bits per heavy atom. The van der Waals surface area contributed by atoms with Crippen LogP contribution in [0.5, 0.6) is 0 Å². The van der Waals surface area contributed by atoms with Crippen LogP contribution in [0.2, 0.25) is 0 Å². The smallest absolute Gasteiger partial charge is 0.410 e. The van der Waals surface area contributed by atoms with Gasteiger partial charge in [0.1, 0.15) is 6.10 Å². The fraction of sp³-hybridized carbons (Fsp3) is 0.750. The summed E-state index contributed by atoms with van der Waals surface area (Å²) in [6.07, 6.45) is 4.77. The zero-order chi connectivity index (χ0) is 11.3. The zero-order valence-electron chi connectivity index (χ0n) is 9.95. The summed E-state index contributed by atoms with van der Waals surface area (Å²) in [6.45, 7) is 7.68. The van der Waals surface area contributed by atoms with Crippen LogP contribution in [0, 0.1) is 0 Å². The first-order chi connectivity index (χ1) is 7.17. The SMILES string of the molecule is CCC(CC)OC(=O)N1CC=C(C)CC1. The van der Waals surface area contributed by atoms with Gasteiger partial charge in [0, 0.05) is 13.1 Å². The number of hydrogen-bond donors (Lipinski definition) is 0. The van der Waals surface area contributed by atoms with Gasteiger partial charge in [-0.25, -0.2) is 4.79 Å². The van der Waals surface area contributed by atoms with Crippen LogP contribution < -0.4 is 0 Å². The van der Waals surface area contributed by atoms with Crippen LogP contribution in [0.25, 0.3) is 0 Å². The molecule has 0 aromatic carbocycles. The van der Waals surface area contributed by atoms with Gasteiger partial charge in [-0.2, -0.15) is 0 Å². The van der Waals surface area contributed by atoms with Gasteiger partial charge in [-0.1, -0.05) is 25.5 Å². The molecule has 0 unspecified atom stereocenters. The fourth-order valence-electron chi connectivity index (χ4n) is 1.61. The van der Waals surface area contributed by atoms with Crippen LogP contribution in [0.1, 0.15) is 40.0 Å². The maximum absolute atomic E-state index is 11.7. The fourth-order valence-corrected chi connectivity index (χ4v) is 1.61. The third-order valence-electron chi connectivity index (χ3n) is 2.87. The van der Waals surface area contributed by atoms with Crippen molar-refractivity contribution < 1.29 is 9.53 Å². The van der Waals surface area contributed by atoms with Gasteiger partial charge in [0.2, 0.25) is 0 Å². The molecule has 0 aromatic heterocycles. The summed E-state index contributed by atoms with van der Waals surface area (Å²) in [5, 5.41) is 0. The highest BCUT2D eigenvalue weighted by Crippen LogP contribution is 2.12. The topological polar surface area (TPSA) is 29.5 Å². The van der Waals surface area contributed by atoms with Crippen LogP contribution in [0.4, 0.5) is 4.79 Å². The Morgan fingerprint density at radius 1 is 1.53 bits per heavy atom. The molecule has 1 heterocycles.